The van der Waals surface area contributed by atoms with Crippen LogP contribution in [0.5, 0.6) is 5.75 Å². The first kappa shape index (κ1) is 8.77. The van der Waals surface area contributed by atoms with Crippen molar-refractivity contribution in [1.82, 2.24) is 5.32 Å². The van der Waals surface area contributed by atoms with Crippen molar-refractivity contribution >= 4 is 5.91 Å². The van der Waals surface area contributed by atoms with Crippen LogP contribution < -0.4 is 5.32 Å². The average molecular weight is 203 g/mol. The topological polar surface area (TPSA) is 49.3 Å². The molecular weight excluding hydrogens is 190 g/mol. The van der Waals surface area contributed by atoms with Crippen molar-refractivity contribution in [3.63, 3.8) is 0 Å². The Labute approximate surface area is 88.1 Å². The van der Waals surface area contributed by atoms with Gasteiger partial charge in [0.2, 0.25) is 5.91 Å². The van der Waals surface area contributed by atoms with Gasteiger partial charge in [-0.1, -0.05) is 12.1 Å². The monoisotopic (exact) mass is 203 g/mol. The Bertz CT molecular complexity index is 412. The summed E-state index contributed by atoms with van der Waals surface area (Å²) in [5.41, 5.74) is 1.39. The highest BCUT2D eigenvalue weighted by Gasteiger charge is 2.61. The van der Waals surface area contributed by atoms with E-state index in [-0.39, 0.29) is 17.2 Å². The van der Waals surface area contributed by atoms with Crippen molar-refractivity contribution in [2.45, 2.75) is 12.8 Å². The van der Waals surface area contributed by atoms with Crippen LogP contribution in [-0.2, 0) is 11.2 Å². The smallest absolute Gasteiger partial charge is 0.223 e. The van der Waals surface area contributed by atoms with Gasteiger partial charge in [0.15, 0.2) is 0 Å². The second-order valence-corrected chi connectivity index (χ2v) is 4.68. The van der Waals surface area contributed by atoms with E-state index in [1.807, 2.05) is 12.1 Å². The Balaban J connectivity index is 1.77. The summed E-state index contributed by atoms with van der Waals surface area (Å²) in [4.78, 5) is 11.3. The van der Waals surface area contributed by atoms with E-state index in [1.165, 1.54) is 5.56 Å². The third-order valence-electron chi connectivity index (χ3n) is 3.61. The van der Waals surface area contributed by atoms with Crippen molar-refractivity contribution in [3.05, 3.63) is 29.8 Å². The largest absolute Gasteiger partial charge is 0.508 e. The van der Waals surface area contributed by atoms with Gasteiger partial charge in [-0.05, 0) is 30.5 Å². The lowest BCUT2D eigenvalue weighted by atomic mass is 9.96. The minimum Gasteiger partial charge on any atom is -0.508 e. The van der Waals surface area contributed by atoms with E-state index in [4.69, 9.17) is 5.11 Å². The highest BCUT2D eigenvalue weighted by Crippen LogP contribution is 2.57. The molecule has 0 spiro atoms. The number of piperidine rings is 1. The van der Waals surface area contributed by atoms with Crippen molar-refractivity contribution in [1.29, 1.82) is 0 Å². The summed E-state index contributed by atoms with van der Waals surface area (Å²) in [6, 6.07) is 7.27. The Kier molecular flexibility index (Phi) is 1.61. The number of benzene rings is 1. The van der Waals surface area contributed by atoms with E-state index in [0.29, 0.717) is 5.75 Å². The van der Waals surface area contributed by atoms with Crippen LogP contribution in [0.3, 0.4) is 0 Å². The number of hydrogen-bond acceptors (Lipinski definition) is 2. The van der Waals surface area contributed by atoms with Gasteiger partial charge in [0.25, 0.3) is 0 Å². The molecule has 2 aliphatic rings. The molecule has 1 aromatic rings. The molecule has 3 rings (SSSR count). The highest BCUT2D eigenvalue weighted by atomic mass is 16.3. The molecule has 1 saturated carbocycles. The molecule has 1 saturated heterocycles. The number of aromatic hydroxyl groups is 1. The van der Waals surface area contributed by atoms with Gasteiger partial charge < -0.3 is 10.4 Å². The number of hydrogen-bond donors (Lipinski definition) is 2. The van der Waals surface area contributed by atoms with Gasteiger partial charge in [-0.25, -0.2) is 0 Å². The van der Waals surface area contributed by atoms with Crippen LogP contribution in [0.2, 0.25) is 0 Å². The fourth-order valence-corrected chi connectivity index (χ4v) is 2.58. The first-order chi connectivity index (χ1) is 7.20. The summed E-state index contributed by atoms with van der Waals surface area (Å²) in [5.74, 6) is 0.754. The molecule has 3 nitrogen and oxygen atoms in total. The zero-order valence-electron chi connectivity index (χ0n) is 8.36. The Morgan fingerprint density at radius 1 is 1.40 bits per heavy atom. The molecule has 1 heterocycles. The molecule has 1 amide bonds. The first-order valence-corrected chi connectivity index (χ1v) is 5.25. The summed E-state index contributed by atoms with van der Waals surface area (Å²) in [5, 5.41) is 12.1. The molecule has 15 heavy (non-hydrogen) atoms. The van der Waals surface area contributed by atoms with Gasteiger partial charge in [0.05, 0.1) is 0 Å². The predicted octanol–water partition coefficient (Wildman–Crippen LogP) is 1.07. The summed E-state index contributed by atoms with van der Waals surface area (Å²) >= 11 is 0. The molecule has 2 fully saturated rings. The lowest BCUT2D eigenvalue weighted by Crippen LogP contribution is -2.21. The molecule has 3 heteroatoms. The number of rotatable bonds is 2. The van der Waals surface area contributed by atoms with Gasteiger partial charge in [-0.15, -0.1) is 0 Å². The third kappa shape index (κ3) is 1.30. The van der Waals surface area contributed by atoms with Crippen molar-refractivity contribution in [2.75, 3.05) is 6.54 Å². The molecule has 2 unspecified atom stereocenters. The quantitative estimate of drug-likeness (QED) is 0.755. The molecule has 2 N–H and O–H groups in total. The summed E-state index contributed by atoms with van der Waals surface area (Å²) in [7, 11) is 0. The molecule has 1 aliphatic heterocycles. The van der Waals surface area contributed by atoms with E-state index in [2.05, 4.69) is 5.32 Å². The predicted molar refractivity (Wildman–Crippen MR) is 55.4 cm³/mol. The van der Waals surface area contributed by atoms with Gasteiger partial charge in [-0.3, -0.25) is 4.79 Å². The molecule has 0 aromatic heterocycles. The van der Waals surface area contributed by atoms with Crippen LogP contribution >= 0.6 is 0 Å². The SMILES string of the molecule is O=C1NCC2(Cc3ccc(O)cc3)CC12. The van der Waals surface area contributed by atoms with Gasteiger partial charge >= 0.3 is 0 Å². The summed E-state index contributed by atoms with van der Waals surface area (Å²) in [6.07, 6.45) is 1.97. The zero-order valence-corrected chi connectivity index (χ0v) is 8.36. The minimum atomic E-state index is 0.189. The standard InChI is InChI=1S/C12H13NO2/c14-9-3-1-8(2-4-9)5-12-6-10(12)11(15)13-7-12/h1-4,10,14H,5-7H2,(H,13,15). The maximum Gasteiger partial charge on any atom is 0.223 e. The number of phenolic OH excluding ortho intramolecular Hbond substituents is 1. The van der Waals surface area contributed by atoms with Gasteiger partial charge in [0.1, 0.15) is 5.75 Å². The van der Waals surface area contributed by atoms with Crippen molar-refractivity contribution < 1.29 is 9.90 Å². The maximum absolute atomic E-state index is 11.3. The molecule has 0 bridgehead atoms. The van der Waals surface area contributed by atoms with Crippen LogP contribution in [0.1, 0.15) is 12.0 Å². The number of nitrogens with one attached hydrogen (secondary N) is 1. The van der Waals surface area contributed by atoms with E-state index in [1.54, 1.807) is 12.1 Å². The summed E-state index contributed by atoms with van der Waals surface area (Å²) < 4.78 is 0. The van der Waals surface area contributed by atoms with E-state index in [0.717, 1.165) is 19.4 Å². The zero-order chi connectivity index (χ0) is 10.5. The molecule has 2 atom stereocenters. The molecule has 78 valence electrons. The fraction of sp³-hybridized carbons (Fsp3) is 0.417. The summed E-state index contributed by atoms with van der Waals surface area (Å²) in [6.45, 7) is 0.817. The molecule has 1 aromatic carbocycles. The van der Waals surface area contributed by atoms with E-state index >= 15 is 0 Å². The third-order valence-corrected chi connectivity index (χ3v) is 3.61. The Morgan fingerprint density at radius 2 is 2.13 bits per heavy atom. The number of amides is 1. The fourth-order valence-electron chi connectivity index (χ4n) is 2.58. The number of carbonyl (C=O) groups is 1. The average Bonchev–Trinajstić information content (AvgIpc) is 2.86. The van der Waals surface area contributed by atoms with Crippen LogP contribution in [-0.4, -0.2) is 17.6 Å². The maximum atomic E-state index is 11.3. The van der Waals surface area contributed by atoms with E-state index < -0.39 is 0 Å². The number of fused-ring (bicyclic) bond motifs is 1. The van der Waals surface area contributed by atoms with Crippen LogP contribution in [0, 0.1) is 11.3 Å². The second kappa shape index (κ2) is 2.75. The Hall–Kier alpha value is -1.51. The molecule has 1 aliphatic carbocycles. The van der Waals surface area contributed by atoms with Crippen LogP contribution in [0.15, 0.2) is 24.3 Å². The lowest BCUT2D eigenvalue weighted by Gasteiger charge is -2.10. The lowest BCUT2D eigenvalue weighted by molar-refractivity contribution is -0.120. The second-order valence-electron chi connectivity index (χ2n) is 4.68. The molecule has 0 radical (unpaired) electrons. The minimum absolute atomic E-state index is 0.189. The van der Waals surface area contributed by atoms with E-state index in [9.17, 15) is 4.79 Å². The first-order valence-electron chi connectivity index (χ1n) is 5.25. The van der Waals surface area contributed by atoms with Crippen molar-refractivity contribution in [3.8, 4) is 5.75 Å². The van der Waals surface area contributed by atoms with Crippen LogP contribution in [0.25, 0.3) is 0 Å². The van der Waals surface area contributed by atoms with Gasteiger partial charge in [0, 0.05) is 17.9 Å². The molecular formula is C12H13NO2. The normalized spacial score (nSPS) is 32.3. The number of carbonyl (C=O) groups excluding carboxylic acids is 1. The number of phenols is 1. The van der Waals surface area contributed by atoms with Gasteiger partial charge in [-0.2, -0.15) is 0 Å². The van der Waals surface area contributed by atoms with Crippen LogP contribution in [0.4, 0.5) is 0 Å². The van der Waals surface area contributed by atoms with Crippen molar-refractivity contribution in [2.24, 2.45) is 11.3 Å². The highest BCUT2D eigenvalue weighted by molar-refractivity contribution is 5.85. The Morgan fingerprint density at radius 3 is 2.67 bits per heavy atom.